The molecule has 0 aliphatic heterocycles. The highest BCUT2D eigenvalue weighted by Crippen LogP contribution is 2.18. The Morgan fingerprint density at radius 2 is 1.71 bits per heavy atom. The summed E-state index contributed by atoms with van der Waals surface area (Å²) >= 11 is 3.32. The fraction of sp³-hybridized carbons (Fsp3) is 0.0526. The Morgan fingerprint density at radius 1 is 1.00 bits per heavy atom. The minimum atomic E-state index is -3.74. The van der Waals surface area contributed by atoms with Crippen LogP contribution in [0.3, 0.4) is 0 Å². The molecule has 0 spiro atoms. The molecule has 1 heterocycles. The number of hydrogen-bond acceptors (Lipinski definition) is 5. The SMILES string of the molecule is O=C(COc1ccc(Br)cc1)Nc1ccc(S(=O)(=O)Nc2cccnc2)cc1. The number of carbonyl (C=O) groups excluding carboxylic acids is 1. The van der Waals surface area contributed by atoms with Crippen LogP contribution in [0.15, 0.2) is 82.4 Å². The molecule has 1 aromatic heterocycles. The number of carbonyl (C=O) groups is 1. The first kappa shape index (κ1) is 19.8. The van der Waals surface area contributed by atoms with Gasteiger partial charge in [0, 0.05) is 16.4 Å². The van der Waals surface area contributed by atoms with E-state index < -0.39 is 10.0 Å². The lowest BCUT2D eigenvalue weighted by atomic mass is 10.3. The van der Waals surface area contributed by atoms with Crippen molar-refractivity contribution in [1.29, 1.82) is 0 Å². The summed E-state index contributed by atoms with van der Waals surface area (Å²) in [5, 5.41) is 2.65. The second kappa shape index (κ2) is 8.85. The lowest BCUT2D eigenvalue weighted by Crippen LogP contribution is -2.20. The van der Waals surface area contributed by atoms with Gasteiger partial charge >= 0.3 is 0 Å². The van der Waals surface area contributed by atoms with E-state index in [1.54, 1.807) is 30.5 Å². The van der Waals surface area contributed by atoms with E-state index in [-0.39, 0.29) is 17.4 Å². The standard InChI is InChI=1S/C19H16BrN3O4S/c20-14-3-7-17(8-4-14)27-13-19(24)22-15-5-9-18(10-6-15)28(25,26)23-16-2-1-11-21-12-16/h1-12,23H,13H2,(H,22,24). The number of sulfonamides is 1. The summed E-state index contributed by atoms with van der Waals surface area (Å²) < 4.78 is 33.5. The van der Waals surface area contributed by atoms with Crippen molar-refractivity contribution < 1.29 is 17.9 Å². The van der Waals surface area contributed by atoms with Gasteiger partial charge in [-0.25, -0.2) is 8.42 Å². The Balaban J connectivity index is 1.57. The van der Waals surface area contributed by atoms with Crippen LogP contribution in [0.25, 0.3) is 0 Å². The topological polar surface area (TPSA) is 97.4 Å². The Bertz CT molecular complexity index is 1040. The van der Waals surface area contributed by atoms with Crippen molar-refractivity contribution in [3.63, 3.8) is 0 Å². The second-order valence-corrected chi connectivity index (χ2v) is 8.26. The maximum absolute atomic E-state index is 12.4. The molecule has 1 amide bonds. The molecule has 0 bridgehead atoms. The van der Waals surface area contributed by atoms with Gasteiger partial charge in [-0.1, -0.05) is 15.9 Å². The Hall–Kier alpha value is -2.91. The number of benzene rings is 2. The lowest BCUT2D eigenvalue weighted by molar-refractivity contribution is -0.118. The number of nitrogens with zero attached hydrogens (tertiary/aromatic N) is 1. The Morgan fingerprint density at radius 3 is 2.36 bits per heavy atom. The summed E-state index contributed by atoms with van der Waals surface area (Å²) in [7, 11) is -3.74. The van der Waals surface area contributed by atoms with Crippen molar-refractivity contribution in [2.24, 2.45) is 0 Å². The minimum Gasteiger partial charge on any atom is -0.484 e. The summed E-state index contributed by atoms with van der Waals surface area (Å²) in [5.74, 6) is 0.216. The molecule has 0 aliphatic carbocycles. The minimum absolute atomic E-state index is 0.0699. The molecule has 0 aliphatic rings. The summed E-state index contributed by atoms with van der Waals surface area (Å²) in [6.45, 7) is -0.162. The molecule has 2 aromatic carbocycles. The highest BCUT2D eigenvalue weighted by molar-refractivity contribution is 9.10. The summed E-state index contributed by atoms with van der Waals surface area (Å²) in [6.07, 6.45) is 2.97. The fourth-order valence-electron chi connectivity index (χ4n) is 2.23. The van der Waals surface area contributed by atoms with Crippen LogP contribution in [-0.2, 0) is 14.8 Å². The molecular weight excluding hydrogens is 446 g/mol. The monoisotopic (exact) mass is 461 g/mol. The van der Waals surface area contributed by atoms with Gasteiger partial charge in [-0.3, -0.25) is 14.5 Å². The number of aromatic nitrogens is 1. The van der Waals surface area contributed by atoms with Crippen molar-refractivity contribution in [3.8, 4) is 5.75 Å². The number of halogens is 1. The van der Waals surface area contributed by atoms with Crippen molar-refractivity contribution in [1.82, 2.24) is 4.98 Å². The number of rotatable bonds is 7. The molecular formula is C19H16BrN3O4S. The fourth-order valence-corrected chi connectivity index (χ4v) is 3.54. The molecule has 0 saturated heterocycles. The van der Waals surface area contributed by atoms with Gasteiger partial charge in [-0.05, 0) is 60.7 Å². The van der Waals surface area contributed by atoms with E-state index >= 15 is 0 Å². The molecule has 0 unspecified atom stereocenters. The van der Waals surface area contributed by atoms with Crippen LogP contribution in [-0.4, -0.2) is 25.9 Å². The maximum atomic E-state index is 12.4. The zero-order chi connectivity index (χ0) is 20.0. The van der Waals surface area contributed by atoms with Crippen molar-refractivity contribution in [3.05, 3.63) is 77.5 Å². The average molecular weight is 462 g/mol. The third kappa shape index (κ3) is 5.54. The van der Waals surface area contributed by atoms with Crippen LogP contribution in [0.1, 0.15) is 0 Å². The van der Waals surface area contributed by atoms with E-state index in [4.69, 9.17) is 4.74 Å². The zero-order valence-corrected chi connectivity index (χ0v) is 16.9. The Labute approximate surface area is 170 Å². The molecule has 0 saturated carbocycles. The number of ether oxygens (including phenoxy) is 1. The van der Waals surface area contributed by atoms with Gasteiger partial charge in [0.05, 0.1) is 16.8 Å². The van der Waals surface area contributed by atoms with Gasteiger partial charge in [0.2, 0.25) is 0 Å². The average Bonchev–Trinajstić information content (AvgIpc) is 2.68. The first-order chi connectivity index (χ1) is 13.4. The lowest BCUT2D eigenvalue weighted by Gasteiger charge is -2.10. The number of pyridine rings is 1. The molecule has 2 N–H and O–H groups in total. The largest absolute Gasteiger partial charge is 0.484 e. The van der Waals surface area contributed by atoms with Gasteiger partial charge in [0.25, 0.3) is 15.9 Å². The Kier molecular flexibility index (Phi) is 6.27. The van der Waals surface area contributed by atoms with Crippen LogP contribution in [0.4, 0.5) is 11.4 Å². The van der Waals surface area contributed by atoms with Gasteiger partial charge in [-0.15, -0.1) is 0 Å². The van der Waals surface area contributed by atoms with Crippen LogP contribution >= 0.6 is 15.9 Å². The molecule has 3 aromatic rings. The van der Waals surface area contributed by atoms with Crippen LogP contribution < -0.4 is 14.8 Å². The van der Waals surface area contributed by atoms with E-state index in [2.05, 4.69) is 31.0 Å². The van der Waals surface area contributed by atoms with Gasteiger partial charge in [-0.2, -0.15) is 0 Å². The molecule has 0 radical (unpaired) electrons. The molecule has 144 valence electrons. The van der Waals surface area contributed by atoms with Crippen molar-refractivity contribution in [2.45, 2.75) is 4.90 Å². The van der Waals surface area contributed by atoms with Gasteiger partial charge in [0.15, 0.2) is 6.61 Å². The van der Waals surface area contributed by atoms with Crippen LogP contribution in [0.2, 0.25) is 0 Å². The first-order valence-corrected chi connectivity index (χ1v) is 10.4. The highest BCUT2D eigenvalue weighted by atomic mass is 79.9. The van der Waals surface area contributed by atoms with E-state index in [1.807, 2.05) is 12.1 Å². The van der Waals surface area contributed by atoms with Crippen molar-refractivity contribution >= 4 is 43.2 Å². The summed E-state index contributed by atoms with van der Waals surface area (Å²) in [6, 6.07) is 16.2. The summed E-state index contributed by atoms with van der Waals surface area (Å²) in [5.41, 5.74) is 0.828. The molecule has 3 rings (SSSR count). The third-order valence-electron chi connectivity index (χ3n) is 3.55. The number of nitrogens with one attached hydrogen (secondary N) is 2. The number of amides is 1. The summed E-state index contributed by atoms with van der Waals surface area (Å²) in [4.78, 5) is 15.9. The predicted octanol–water partition coefficient (Wildman–Crippen LogP) is 3.66. The smallest absolute Gasteiger partial charge is 0.262 e. The highest BCUT2D eigenvalue weighted by Gasteiger charge is 2.14. The molecule has 28 heavy (non-hydrogen) atoms. The molecule has 0 atom stereocenters. The van der Waals surface area contributed by atoms with Crippen molar-refractivity contribution in [2.75, 3.05) is 16.6 Å². The van der Waals surface area contributed by atoms with E-state index in [0.29, 0.717) is 17.1 Å². The quantitative estimate of drug-likeness (QED) is 0.559. The first-order valence-electron chi connectivity index (χ1n) is 8.13. The number of hydrogen-bond donors (Lipinski definition) is 2. The van der Waals surface area contributed by atoms with E-state index in [9.17, 15) is 13.2 Å². The van der Waals surface area contributed by atoms with Gasteiger partial charge in [0.1, 0.15) is 5.75 Å². The molecule has 0 fully saturated rings. The second-order valence-electron chi connectivity index (χ2n) is 5.66. The van der Waals surface area contributed by atoms with E-state index in [1.165, 1.54) is 30.5 Å². The molecule has 7 nitrogen and oxygen atoms in total. The van der Waals surface area contributed by atoms with Crippen LogP contribution in [0, 0.1) is 0 Å². The number of anilines is 2. The van der Waals surface area contributed by atoms with E-state index in [0.717, 1.165) is 4.47 Å². The van der Waals surface area contributed by atoms with Crippen LogP contribution in [0.5, 0.6) is 5.75 Å². The zero-order valence-electron chi connectivity index (χ0n) is 14.5. The molecule has 9 heteroatoms. The maximum Gasteiger partial charge on any atom is 0.262 e. The normalized spacial score (nSPS) is 10.9. The predicted molar refractivity (Wildman–Crippen MR) is 110 cm³/mol. The third-order valence-corrected chi connectivity index (χ3v) is 5.47. The van der Waals surface area contributed by atoms with Gasteiger partial charge < -0.3 is 10.1 Å².